The fourth-order valence-corrected chi connectivity index (χ4v) is 3.11. The third kappa shape index (κ3) is 5.87. The number of furan rings is 1. The Morgan fingerprint density at radius 1 is 1.10 bits per heavy atom. The maximum Gasteiger partial charge on any atom is 0.250 e. The van der Waals surface area contributed by atoms with Gasteiger partial charge in [-0.25, -0.2) is 0 Å². The number of amides is 1. The van der Waals surface area contributed by atoms with Gasteiger partial charge in [0.05, 0.1) is 19.9 Å². The van der Waals surface area contributed by atoms with Crippen molar-refractivity contribution in [1.82, 2.24) is 5.32 Å². The molecule has 0 fully saturated rings. The van der Waals surface area contributed by atoms with E-state index in [1.807, 2.05) is 31.2 Å². The minimum Gasteiger partial charge on any atom is -0.497 e. The van der Waals surface area contributed by atoms with Crippen LogP contribution in [0.25, 0.3) is 17.4 Å². The monoisotopic (exact) mass is 456 g/mol. The highest BCUT2D eigenvalue weighted by Crippen LogP contribution is 2.29. The van der Waals surface area contributed by atoms with Crippen molar-refractivity contribution < 1.29 is 18.7 Å². The van der Waals surface area contributed by atoms with Crippen molar-refractivity contribution in [1.29, 1.82) is 0 Å². The van der Waals surface area contributed by atoms with Gasteiger partial charge in [0.1, 0.15) is 23.0 Å². The lowest BCUT2D eigenvalue weighted by molar-refractivity contribution is -0.115. The first-order chi connectivity index (χ1) is 14.9. The van der Waals surface area contributed by atoms with Crippen LogP contribution in [0.3, 0.4) is 0 Å². The average Bonchev–Trinajstić information content (AvgIpc) is 3.23. The second-order valence-electron chi connectivity index (χ2n) is 6.51. The summed E-state index contributed by atoms with van der Waals surface area (Å²) in [5, 5.41) is 6.29. The fourth-order valence-electron chi connectivity index (χ4n) is 2.72. The van der Waals surface area contributed by atoms with Gasteiger partial charge in [-0.1, -0.05) is 23.7 Å². The predicted octanol–water partition coefficient (Wildman–Crippen LogP) is 5.45. The Labute approximate surface area is 190 Å². The molecule has 2 N–H and O–H groups in total. The molecule has 0 bridgehead atoms. The van der Waals surface area contributed by atoms with Crippen LogP contribution in [0.5, 0.6) is 11.5 Å². The number of carbonyl (C=O) groups is 1. The van der Waals surface area contributed by atoms with Gasteiger partial charge in [0.15, 0.2) is 5.11 Å². The zero-order chi connectivity index (χ0) is 22.4. The number of ether oxygens (including phenoxy) is 2. The van der Waals surface area contributed by atoms with Crippen LogP contribution in [0.2, 0.25) is 5.02 Å². The summed E-state index contributed by atoms with van der Waals surface area (Å²) in [4.78, 5) is 12.2. The van der Waals surface area contributed by atoms with E-state index >= 15 is 0 Å². The van der Waals surface area contributed by atoms with E-state index in [9.17, 15) is 4.79 Å². The smallest absolute Gasteiger partial charge is 0.250 e. The highest BCUT2D eigenvalue weighted by molar-refractivity contribution is 7.80. The summed E-state index contributed by atoms with van der Waals surface area (Å²) >= 11 is 11.4. The van der Waals surface area contributed by atoms with Gasteiger partial charge in [-0.05, 0) is 61.1 Å². The molecule has 0 radical (unpaired) electrons. The lowest BCUT2D eigenvalue weighted by atomic mass is 10.1. The standard InChI is InChI=1S/C23H21ClN2O4S/c1-14-4-5-15(12-18(14)24)20-9-6-16(30-20)8-11-22(27)26-23(31)25-19-13-17(28-2)7-10-21(19)29-3/h4-13H,1-3H3,(H2,25,26,27,31)/b11-8+. The normalized spacial score (nSPS) is 10.7. The summed E-state index contributed by atoms with van der Waals surface area (Å²) in [6.07, 6.45) is 2.89. The first-order valence-corrected chi connectivity index (χ1v) is 10.1. The summed E-state index contributed by atoms with van der Waals surface area (Å²) in [5.41, 5.74) is 2.42. The molecule has 0 atom stereocenters. The topological polar surface area (TPSA) is 72.7 Å². The minimum atomic E-state index is -0.407. The van der Waals surface area contributed by atoms with Gasteiger partial charge in [-0.15, -0.1) is 0 Å². The molecule has 0 aliphatic carbocycles. The van der Waals surface area contributed by atoms with E-state index in [4.69, 9.17) is 37.7 Å². The second-order valence-corrected chi connectivity index (χ2v) is 7.32. The van der Waals surface area contributed by atoms with Crippen molar-refractivity contribution in [2.24, 2.45) is 0 Å². The largest absolute Gasteiger partial charge is 0.497 e. The molecule has 0 saturated carbocycles. The molecule has 6 nitrogen and oxygen atoms in total. The number of rotatable bonds is 6. The zero-order valence-electron chi connectivity index (χ0n) is 17.2. The summed E-state index contributed by atoms with van der Waals surface area (Å²) < 4.78 is 16.2. The van der Waals surface area contributed by atoms with E-state index in [0.29, 0.717) is 33.7 Å². The summed E-state index contributed by atoms with van der Waals surface area (Å²) in [5.74, 6) is 1.96. The van der Waals surface area contributed by atoms with Gasteiger partial charge >= 0.3 is 0 Å². The molecule has 3 aromatic rings. The summed E-state index contributed by atoms with van der Waals surface area (Å²) in [6.45, 7) is 1.94. The van der Waals surface area contributed by atoms with Gasteiger partial charge in [-0.2, -0.15) is 0 Å². The Kier molecular flexibility index (Phi) is 7.33. The molecule has 8 heteroatoms. The lowest BCUT2D eigenvalue weighted by Gasteiger charge is -2.13. The Morgan fingerprint density at radius 3 is 2.61 bits per heavy atom. The first-order valence-electron chi connectivity index (χ1n) is 9.28. The summed E-state index contributed by atoms with van der Waals surface area (Å²) in [6, 6.07) is 14.5. The van der Waals surface area contributed by atoms with E-state index in [2.05, 4.69) is 10.6 Å². The Bertz CT molecular complexity index is 1140. The average molecular weight is 457 g/mol. The van der Waals surface area contributed by atoms with Crippen LogP contribution in [-0.4, -0.2) is 25.2 Å². The Morgan fingerprint density at radius 2 is 1.90 bits per heavy atom. The van der Waals surface area contributed by atoms with E-state index in [1.165, 1.54) is 6.08 Å². The maximum atomic E-state index is 12.2. The van der Waals surface area contributed by atoms with Crippen molar-refractivity contribution in [2.45, 2.75) is 6.92 Å². The second kappa shape index (κ2) is 10.1. The third-order valence-electron chi connectivity index (χ3n) is 4.37. The van der Waals surface area contributed by atoms with Crippen molar-refractivity contribution >= 4 is 46.6 Å². The highest BCUT2D eigenvalue weighted by Gasteiger charge is 2.09. The van der Waals surface area contributed by atoms with Gasteiger partial charge in [-0.3, -0.25) is 10.1 Å². The van der Waals surface area contributed by atoms with Crippen LogP contribution in [-0.2, 0) is 4.79 Å². The highest BCUT2D eigenvalue weighted by atomic mass is 35.5. The number of benzene rings is 2. The van der Waals surface area contributed by atoms with E-state index < -0.39 is 5.91 Å². The molecule has 0 aliphatic heterocycles. The van der Waals surface area contributed by atoms with Crippen molar-refractivity contribution in [3.63, 3.8) is 0 Å². The molecule has 1 heterocycles. The first kappa shape index (κ1) is 22.4. The van der Waals surface area contributed by atoms with Crippen LogP contribution in [0.4, 0.5) is 5.69 Å². The Hall–Kier alpha value is -3.29. The van der Waals surface area contributed by atoms with Crippen molar-refractivity contribution in [2.75, 3.05) is 19.5 Å². The Balaban J connectivity index is 1.61. The molecular formula is C23H21ClN2O4S. The fraction of sp³-hybridized carbons (Fsp3) is 0.130. The molecule has 160 valence electrons. The van der Waals surface area contributed by atoms with Gasteiger partial charge in [0, 0.05) is 22.7 Å². The predicted molar refractivity (Wildman–Crippen MR) is 127 cm³/mol. The van der Waals surface area contributed by atoms with Crippen LogP contribution in [0.15, 0.2) is 59.0 Å². The number of nitrogens with one attached hydrogen (secondary N) is 2. The van der Waals surface area contributed by atoms with Crippen molar-refractivity contribution in [3.05, 3.63) is 71.0 Å². The lowest BCUT2D eigenvalue weighted by Crippen LogP contribution is -2.32. The molecule has 2 aromatic carbocycles. The number of anilines is 1. The zero-order valence-corrected chi connectivity index (χ0v) is 18.8. The molecule has 31 heavy (non-hydrogen) atoms. The van der Waals surface area contributed by atoms with Crippen LogP contribution in [0, 0.1) is 6.92 Å². The minimum absolute atomic E-state index is 0.121. The van der Waals surface area contributed by atoms with Gasteiger partial charge in [0.2, 0.25) is 5.91 Å². The number of methoxy groups -OCH3 is 2. The van der Waals surface area contributed by atoms with E-state index in [0.717, 1.165) is 11.1 Å². The van der Waals surface area contributed by atoms with Crippen LogP contribution >= 0.6 is 23.8 Å². The number of halogens is 1. The molecule has 1 aromatic heterocycles. The number of thiocarbonyl (C=S) groups is 1. The quantitative estimate of drug-likeness (QED) is 0.379. The number of carbonyl (C=O) groups excluding carboxylic acids is 1. The molecule has 0 spiro atoms. The van der Waals surface area contributed by atoms with Gasteiger partial charge in [0.25, 0.3) is 0 Å². The summed E-state index contributed by atoms with van der Waals surface area (Å²) in [7, 11) is 3.10. The molecule has 0 saturated heterocycles. The molecular weight excluding hydrogens is 436 g/mol. The molecule has 3 rings (SSSR count). The molecule has 0 unspecified atom stereocenters. The molecule has 0 aliphatic rings. The number of hydrogen-bond acceptors (Lipinski definition) is 5. The van der Waals surface area contributed by atoms with Gasteiger partial charge < -0.3 is 19.2 Å². The van der Waals surface area contributed by atoms with E-state index in [-0.39, 0.29) is 5.11 Å². The maximum absolute atomic E-state index is 12.2. The van der Waals surface area contributed by atoms with E-state index in [1.54, 1.807) is 44.6 Å². The van der Waals surface area contributed by atoms with Crippen LogP contribution in [0.1, 0.15) is 11.3 Å². The van der Waals surface area contributed by atoms with Crippen molar-refractivity contribution in [3.8, 4) is 22.8 Å². The molecule has 1 amide bonds. The van der Waals surface area contributed by atoms with Crippen LogP contribution < -0.4 is 20.1 Å². The number of aryl methyl sites for hydroxylation is 1. The third-order valence-corrected chi connectivity index (χ3v) is 4.99. The SMILES string of the molecule is COc1ccc(OC)c(NC(=S)NC(=O)/C=C/c2ccc(-c3ccc(C)c(Cl)c3)o2)c1. The number of hydrogen-bond donors (Lipinski definition) is 2.